The fraction of sp³-hybridized carbons (Fsp3) is 1.00. The second kappa shape index (κ2) is 3.11. The fourth-order valence-corrected chi connectivity index (χ4v) is 2.43. The van der Waals surface area contributed by atoms with Gasteiger partial charge in [0.2, 0.25) is 0 Å². The molecular weight excluding hydrogens is 136 g/mol. The maximum Gasteiger partial charge on any atom is 0.0120 e. The molecular formula is C9H18N2. The molecule has 2 aliphatic heterocycles. The third-order valence-electron chi connectivity index (χ3n) is 3.10. The molecule has 0 amide bonds. The van der Waals surface area contributed by atoms with Crippen molar-refractivity contribution < 1.29 is 0 Å². The van der Waals surface area contributed by atoms with Crippen LogP contribution >= 0.6 is 0 Å². The van der Waals surface area contributed by atoms with Crippen molar-refractivity contribution in [2.75, 3.05) is 26.7 Å². The van der Waals surface area contributed by atoms with Gasteiger partial charge in [0.25, 0.3) is 0 Å². The minimum Gasteiger partial charge on any atom is -0.314 e. The number of nitrogens with zero attached hydrogens (tertiary/aromatic N) is 1. The van der Waals surface area contributed by atoms with E-state index in [9.17, 15) is 0 Å². The van der Waals surface area contributed by atoms with E-state index in [2.05, 4.69) is 17.3 Å². The van der Waals surface area contributed by atoms with Gasteiger partial charge >= 0.3 is 0 Å². The minimum absolute atomic E-state index is 0.847. The molecule has 64 valence electrons. The first-order valence-corrected chi connectivity index (χ1v) is 4.78. The van der Waals surface area contributed by atoms with Crippen molar-refractivity contribution in [3.63, 3.8) is 0 Å². The van der Waals surface area contributed by atoms with Gasteiger partial charge < -0.3 is 10.2 Å². The molecule has 2 saturated heterocycles. The monoisotopic (exact) mass is 154 g/mol. The maximum absolute atomic E-state index is 3.61. The van der Waals surface area contributed by atoms with Crippen LogP contribution in [0.2, 0.25) is 0 Å². The molecule has 2 heterocycles. The highest BCUT2D eigenvalue weighted by Crippen LogP contribution is 2.23. The first-order chi connectivity index (χ1) is 5.36. The van der Waals surface area contributed by atoms with Gasteiger partial charge in [0, 0.05) is 12.6 Å². The van der Waals surface area contributed by atoms with E-state index < -0.39 is 0 Å². The van der Waals surface area contributed by atoms with Crippen LogP contribution in [-0.4, -0.2) is 37.6 Å². The Hall–Kier alpha value is -0.0800. The zero-order valence-corrected chi connectivity index (χ0v) is 7.34. The van der Waals surface area contributed by atoms with Crippen LogP contribution in [0.25, 0.3) is 0 Å². The van der Waals surface area contributed by atoms with Gasteiger partial charge in [-0.15, -0.1) is 0 Å². The predicted octanol–water partition coefficient (Wildman–Crippen LogP) is 0.690. The Bertz CT molecular complexity index is 136. The summed E-state index contributed by atoms with van der Waals surface area (Å²) in [7, 11) is 2.24. The number of fused-ring (bicyclic) bond motifs is 1. The first-order valence-electron chi connectivity index (χ1n) is 4.78. The number of hydrogen-bond donors (Lipinski definition) is 1. The Morgan fingerprint density at radius 1 is 1.36 bits per heavy atom. The number of likely N-dealkylation sites (tertiary alicyclic amines) is 1. The Morgan fingerprint density at radius 2 is 2.27 bits per heavy atom. The molecule has 2 fully saturated rings. The highest BCUT2D eigenvalue weighted by atomic mass is 15.1. The molecule has 0 aliphatic carbocycles. The summed E-state index contributed by atoms with van der Waals surface area (Å²) in [4.78, 5) is 2.47. The van der Waals surface area contributed by atoms with E-state index >= 15 is 0 Å². The van der Waals surface area contributed by atoms with E-state index in [1.165, 1.54) is 38.9 Å². The van der Waals surface area contributed by atoms with Crippen LogP contribution in [0.15, 0.2) is 0 Å². The van der Waals surface area contributed by atoms with E-state index in [0.29, 0.717) is 0 Å². The van der Waals surface area contributed by atoms with Crippen molar-refractivity contribution in [3.05, 3.63) is 0 Å². The number of hydrogen-bond acceptors (Lipinski definition) is 2. The predicted molar refractivity (Wildman–Crippen MR) is 46.6 cm³/mol. The second-order valence-corrected chi connectivity index (χ2v) is 4.01. The zero-order chi connectivity index (χ0) is 7.68. The van der Waals surface area contributed by atoms with Crippen LogP contribution in [-0.2, 0) is 0 Å². The number of rotatable bonds is 0. The molecule has 2 atom stereocenters. The molecule has 2 heteroatoms. The van der Waals surface area contributed by atoms with E-state index in [0.717, 1.165) is 12.0 Å². The van der Waals surface area contributed by atoms with Crippen LogP contribution in [0.4, 0.5) is 0 Å². The van der Waals surface area contributed by atoms with Gasteiger partial charge in [-0.2, -0.15) is 0 Å². The second-order valence-electron chi connectivity index (χ2n) is 4.01. The average Bonchev–Trinajstić information content (AvgIpc) is 2.04. The van der Waals surface area contributed by atoms with Crippen molar-refractivity contribution in [3.8, 4) is 0 Å². The van der Waals surface area contributed by atoms with Crippen molar-refractivity contribution in [2.45, 2.75) is 25.3 Å². The molecule has 0 unspecified atom stereocenters. The zero-order valence-electron chi connectivity index (χ0n) is 7.34. The molecule has 11 heavy (non-hydrogen) atoms. The first kappa shape index (κ1) is 7.56. The average molecular weight is 154 g/mol. The van der Waals surface area contributed by atoms with E-state index in [-0.39, 0.29) is 0 Å². The molecule has 2 aliphatic rings. The van der Waals surface area contributed by atoms with Gasteiger partial charge in [0.05, 0.1) is 0 Å². The molecule has 0 aromatic rings. The third kappa shape index (κ3) is 1.57. The van der Waals surface area contributed by atoms with Crippen LogP contribution in [0, 0.1) is 5.92 Å². The Kier molecular flexibility index (Phi) is 2.14. The highest BCUT2D eigenvalue weighted by Gasteiger charge is 2.28. The highest BCUT2D eigenvalue weighted by molar-refractivity contribution is 4.86. The summed E-state index contributed by atoms with van der Waals surface area (Å²) in [6.07, 6.45) is 4.19. The molecule has 1 N–H and O–H groups in total. The van der Waals surface area contributed by atoms with Gasteiger partial charge in [-0.1, -0.05) is 0 Å². The lowest BCUT2D eigenvalue weighted by Crippen LogP contribution is -2.50. The molecule has 0 spiro atoms. The Morgan fingerprint density at radius 3 is 3.18 bits per heavy atom. The molecule has 2 nitrogen and oxygen atoms in total. The van der Waals surface area contributed by atoms with Gasteiger partial charge in [-0.3, -0.25) is 0 Å². The van der Waals surface area contributed by atoms with E-state index in [1.807, 2.05) is 0 Å². The van der Waals surface area contributed by atoms with Crippen LogP contribution in [0.1, 0.15) is 19.3 Å². The maximum atomic E-state index is 3.61. The summed E-state index contributed by atoms with van der Waals surface area (Å²) < 4.78 is 0. The summed E-state index contributed by atoms with van der Waals surface area (Å²) in [5.41, 5.74) is 0. The van der Waals surface area contributed by atoms with Gasteiger partial charge in [0.1, 0.15) is 0 Å². The summed E-state index contributed by atoms with van der Waals surface area (Å²) in [6, 6.07) is 0.847. The lowest BCUT2D eigenvalue weighted by Gasteiger charge is -2.40. The van der Waals surface area contributed by atoms with Crippen LogP contribution < -0.4 is 5.32 Å². The Balaban J connectivity index is 1.93. The molecule has 0 aromatic carbocycles. The number of piperidine rings is 2. The molecule has 0 radical (unpaired) electrons. The molecule has 2 rings (SSSR count). The molecule has 0 bridgehead atoms. The summed E-state index contributed by atoms with van der Waals surface area (Å²) in [5.74, 6) is 0.947. The summed E-state index contributed by atoms with van der Waals surface area (Å²) in [6.45, 7) is 3.86. The minimum atomic E-state index is 0.847. The topological polar surface area (TPSA) is 15.3 Å². The van der Waals surface area contributed by atoms with E-state index in [4.69, 9.17) is 0 Å². The molecule has 0 aromatic heterocycles. The standard InChI is InChI=1S/C9H18N2/c1-11-6-4-9-8(7-11)3-2-5-10-9/h8-10H,2-7H2,1H3/t8-,9+/m0/s1. The van der Waals surface area contributed by atoms with Crippen LogP contribution in [0.3, 0.4) is 0 Å². The fourth-order valence-electron chi connectivity index (χ4n) is 2.43. The van der Waals surface area contributed by atoms with Crippen LogP contribution in [0.5, 0.6) is 0 Å². The summed E-state index contributed by atoms with van der Waals surface area (Å²) in [5, 5.41) is 3.61. The smallest absolute Gasteiger partial charge is 0.0120 e. The quantitative estimate of drug-likeness (QED) is 0.552. The summed E-state index contributed by atoms with van der Waals surface area (Å²) >= 11 is 0. The van der Waals surface area contributed by atoms with Crippen molar-refractivity contribution in [1.29, 1.82) is 0 Å². The Labute approximate surface area is 69.0 Å². The molecule has 0 saturated carbocycles. The van der Waals surface area contributed by atoms with Gasteiger partial charge in [-0.05, 0) is 45.3 Å². The van der Waals surface area contributed by atoms with Gasteiger partial charge in [0.15, 0.2) is 0 Å². The van der Waals surface area contributed by atoms with Crippen molar-refractivity contribution >= 4 is 0 Å². The SMILES string of the molecule is CN1CC[C@H]2NCCC[C@H]2C1. The third-order valence-corrected chi connectivity index (χ3v) is 3.10. The van der Waals surface area contributed by atoms with Crippen molar-refractivity contribution in [2.24, 2.45) is 5.92 Å². The van der Waals surface area contributed by atoms with Crippen molar-refractivity contribution in [1.82, 2.24) is 10.2 Å². The van der Waals surface area contributed by atoms with Gasteiger partial charge in [-0.25, -0.2) is 0 Å². The largest absolute Gasteiger partial charge is 0.314 e. The van der Waals surface area contributed by atoms with E-state index in [1.54, 1.807) is 0 Å². The lowest BCUT2D eigenvalue weighted by molar-refractivity contribution is 0.135. The number of nitrogens with one attached hydrogen (secondary N) is 1. The normalized spacial score (nSPS) is 40.1. The lowest BCUT2D eigenvalue weighted by atomic mass is 9.86.